The highest BCUT2D eigenvalue weighted by molar-refractivity contribution is 7.13. The van der Waals surface area contributed by atoms with Crippen molar-refractivity contribution in [2.75, 3.05) is 12.4 Å². The number of ether oxygens (including phenoxy) is 1. The highest BCUT2D eigenvalue weighted by Crippen LogP contribution is 2.23. The van der Waals surface area contributed by atoms with E-state index in [1.165, 1.54) is 0 Å². The van der Waals surface area contributed by atoms with Gasteiger partial charge in [-0.25, -0.2) is 4.98 Å². The van der Waals surface area contributed by atoms with Gasteiger partial charge in [0.2, 0.25) is 0 Å². The lowest BCUT2D eigenvalue weighted by molar-refractivity contribution is 0.409. The highest BCUT2D eigenvalue weighted by Gasteiger charge is 2.05. The molecule has 6 heteroatoms. The maximum absolute atomic E-state index is 8.05. The summed E-state index contributed by atoms with van der Waals surface area (Å²) in [5, 5.41) is 16.1. The van der Waals surface area contributed by atoms with Crippen LogP contribution in [0.1, 0.15) is 5.56 Å². The van der Waals surface area contributed by atoms with Crippen molar-refractivity contribution in [3.05, 3.63) is 65.5 Å². The third kappa shape index (κ3) is 3.91. The summed E-state index contributed by atoms with van der Waals surface area (Å²) in [6.07, 6.45) is 0. The maximum atomic E-state index is 8.05. The molecule has 0 bridgehead atoms. The van der Waals surface area contributed by atoms with Gasteiger partial charge in [-0.2, -0.15) is 0 Å². The van der Waals surface area contributed by atoms with E-state index in [1.807, 2.05) is 60.0 Å². The van der Waals surface area contributed by atoms with Crippen molar-refractivity contribution < 1.29 is 4.74 Å². The van der Waals surface area contributed by atoms with Crippen LogP contribution in [0.5, 0.6) is 5.75 Å². The summed E-state index contributed by atoms with van der Waals surface area (Å²) >= 11 is 1.64. The zero-order valence-electron chi connectivity index (χ0n) is 13.2. The molecule has 2 heterocycles. The van der Waals surface area contributed by atoms with Crippen LogP contribution in [0.15, 0.2) is 60.0 Å². The van der Waals surface area contributed by atoms with Crippen molar-refractivity contribution in [3.8, 4) is 16.3 Å². The number of thiophene rings is 1. The number of pyridine rings is 1. The molecule has 2 aromatic heterocycles. The Bertz CT molecular complexity index is 817. The van der Waals surface area contributed by atoms with E-state index in [0.29, 0.717) is 12.4 Å². The van der Waals surface area contributed by atoms with Crippen molar-refractivity contribution in [2.24, 2.45) is 0 Å². The van der Waals surface area contributed by atoms with E-state index in [9.17, 15) is 0 Å². The molecule has 0 amide bonds. The summed E-state index contributed by atoms with van der Waals surface area (Å²) in [6, 6.07) is 17.5. The largest absolute Gasteiger partial charge is 0.496 e. The number of aromatic nitrogens is 1. The molecule has 0 fully saturated rings. The molecule has 0 unspecified atom stereocenters. The molecule has 0 spiro atoms. The van der Waals surface area contributed by atoms with Crippen LogP contribution in [0, 0.1) is 5.41 Å². The Hall–Kier alpha value is -2.86. The zero-order chi connectivity index (χ0) is 16.8. The monoisotopic (exact) mass is 338 g/mol. The lowest BCUT2D eigenvalue weighted by Crippen LogP contribution is -2.29. The van der Waals surface area contributed by atoms with E-state index < -0.39 is 0 Å². The summed E-state index contributed by atoms with van der Waals surface area (Å²) in [7, 11) is 1.64. The van der Waals surface area contributed by atoms with Crippen molar-refractivity contribution in [1.29, 1.82) is 5.41 Å². The van der Waals surface area contributed by atoms with Gasteiger partial charge < -0.3 is 15.4 Å². The molecule has 0 radical (unpaired) electrons. The van der Waals surface area contributed by atoms with Gasteiger partial charge in [0.15, 0.2) is 5.96 Å². The quantitative estimate of drug-likeness (QED) is 0.486. The number of nitrogens with one attached hydrogen (secondary N) is 3. The van der Waals surface area contributed by atoms with Crippen molar-refractivity contribution in [3.63, 3.8) is 0 Å². The Labute approximate surface area is 144 Å². The Kier molecular flexibility index (Phi) is 5.08. The van der Waals surface area contributed by atoms with Crippen LogP contribution in [0.3, 0.4) is 0 Å². The van der Waals surface area contributed by atoms with Crippen LogP contribution >= 0.6 is 11.3 Å². The molecule has 24 heavy (non-hydrogen) atoms. The van der Waals surface area contributed by atoms with Crippen molar-refractivity contribution in [2.45, 2.75) is 6.54 Å². The van der Waals surface area contributed by atoms with Crippen molar-refractivity contribution >= 4 is 23.1 Å². The van der Waals surface area contributed by atoms with Gasteiger partial charge in [0, 0.05) is 12.1 Å². The number of hydrogen-bond donors (Lipinski definition) is 3. The van der Waals surface area contributed by atoms with E-state index in [2.05, 4.69) is 15.6 Å². The Balaban J connectivity index is 1.62. The molecule has 0 aliphatic carbocycles. The van der Waals surface area contributed by atoms with E-state index >= 15 is 0 Å². The third-order valence-corrected chi connectivity index (χ3v) is 4.32. The van der Waals surface area contributed by atoms with Crippen LogP contribution in [0.4, 0.5) is 5.82 Å². The van der Waals surface area contributed by atoms with Crippen molar-refractivity contribution in [1.82, 2.24) is 10.3 Å². The molecule has 0 saturated carbocycles. The summed E-state index contributed by atoms with van der Waals surface area (Å²) in [4.78, 5) is 5.64. The molecule has 3 N–H and O–H groups in total. The second-order valence-corrected chi connectivity index (χ2v) is 6.00. The minimum atomic E-state index is 0.191. The van der Waals surface area contributed by atoms with Gasteiger partial charge in [-0.1, -0.05) is 30.3 Å². The Morgan fingerprint density at radius 2 is 2.00 bits per heavy atom. The third-order valence-electron chi connectivity index (χ3n) is 3.42. The summed E-state index contributed by atoms with van der Waals surface area (Å²) in [5.74, 6) is 1.63. The van der Waals surface area contributed by atoms with Crippen LogP contribution in [0.2, 0.25) is 0 Å². The fourth-order valence-electron chi connectivity index (χ4n) is 2.27. The SMILES string of the molecule is COc1ccccc1CNC(=N)Nc1cccc(-c2cccs2)n1. The molecule has 0 aliphatic rings. The fraction of sp³-hybridized carbons (Fsp3) is 0.111. The average molecular weight is 338 g/mol. The molecular weight excluding hydrogens is 320 g/mol. The summed E-state index contributed by atoms with van der Waals surface area (Å²) in [6.45, 7) is 0.500. The normalized spacial score (nSPS) is 10.2. The van der Waals surface area contributed by atoms with E-state index in [0.717, 1.165) is 21.9 Å². The number of benzene rings is 1. The molecule has 5 nitrogen and oxygen atoms in total. The molecule has 0 aliphatic heterocycles. The predicted octanol–water partition coefficient (Wildman–Crippen LogP) is 3.96. The highest BCUT2D eigenvalue weighted by atomic mass is 32.1. The first-order valence-electron chi connectivity index (χ1n) is 7.48. The number of methoxy groups -OCH3 is 1. The van der Waals surface area contributed by atoms with Crippen LogP contribution in [-0.2, 0) is 6.54 Å². The summed E-state index contributed by atoms with van der Waals surface area (Å²) < 4.78 is 5.31. The predicted molar refractivity (Wildman–Crippen MR) is 98.7 cm³/mol. The molecular formula is C18H18N4OS. The van der Waals surface area contributed by atoms with E-state index in [-0.39, 0.29) is 5.96 Å². The van der Waals surface area contributed by atoms with Crippen LogP contribution in [0.25, 0.3) is 10.6 Å². The van der Waals surface area contributed by atoms with Gasteiger partial charge in [-0.15, -0.1) is 11.3 Å². The molecule has 1 aromatic carbocycles. The minimum Gasteiger partial charge on any atom is -0.496 e. The first-order chi connectivity index (χ1) is 11.8. The number of rotatable bonds is 5. The Morgan fingerprint density at radius 1 is 1.12 bits per heavy atom. The minimum absolute atomic E-state index is 0.191. The fourth-order valence-corrected chi connectivity index (χ4v) is 2.97. The first kappa shape index (κ1) is 16.0. The molecule has 3 aromatic rings. The molecule has 0 atom stereocenters. The number of nitrogens with zero attached hydrogens (tertiary/aromatic N) is 1. The smallest absolute Gasteiger partial charge is 0.194 e. The Morgan fingerprint density at radius 3 is 2.79 bits per heavy atom. The maximum Gasteiger partial charge on any atom is 0.194 e. The molecule has 0 saturated heterocycles. The van der Waals surface area contributed by atoms with Gasteiger partial charge in [-0.05, 0) is 29.6 Å². The number of anilines is 1. The van der Waals surface area contributed by atoms with Gasteiger partial charge in [0.25, 0.3) is 0 Å². The summed E-state index contributed by atoms with van der Waals surface area (Å²) in [5.41, 5.74) is 1.89. The number of para-hydroxylation sites is 1. The van der Waals surface area contributed by atoms with Gasteiger partial charge >= 0.3 is 0 Å². The van der Waals surface area contributed by atoms with E-state index in [4.69, 9.17) is 10.1 Å². The lowest BCUT2D eigenvalue weighted by Gasteiger charge is -2.12. The zero-order valence-corrected chi connectivity index (χ0v) is 14.1. The molecule has 122 valence electrons. The standard InChI is InChI=1S/C18H18N4OS/c1-23-15-8-3-2-6-13(15)12-20-18(19)22-17-10-4-7-14(21-17)16-9-5-11-24-16/h2-11H,12H2,1H3,(H3,19,20,21,22). The van der Waals surface area contributed by atoms with Crippen LogP contribution < -0.4 is 15.4 Å². The first-order valence-corrected chi connectivity index (χ1v) is 8.36. The number of hydrogen-bond acceptors (Lipinski definition) is 4. The van der Waals surface area contributed by atoms with Gasteiger partial charge in [-0.3, -0.25) is 5.41 Å². The van der Waals surface area contributed by atoms with Gasteiger partial charge in [0.05, 0.1) is 17.7 Å². The van der Waals surface area contributed by atoms with Crippen LogP contribution in [-0.4, -0.2) is 18.1 Å². The average Bonchev–Trinajstić information content (AvgIpc) is 3.15. The number of guanidine groups is 1. The molecule has 3 rings (SSSR count). The van der Waals surface area contributed by atoms with Gasteiger partial charge in [0.1, 0.15) is 11.6 Å². The second-order valence-electron chi connectivity index (χ2n) is 5.05. The van der Waals surface area contributed by atoms with E-state index in [1.54, 1.807) is 18.4 Å². The second kappa shape index (κ2) is 7.61. The lowest BCUT2D eigenvalue weighted by atomic mass is 10.2. The topological polar surface area (TPSA) is 70.0 Å².